The van der Waals surface area contributed by atoms with E-state index >= 15 is 0 Å². The normalized spacial score (nSPS) is 12.1. The van der Waals surface area contributed by atoms with E-state index in [9.17, 15) is 9.59 Å². The number of carbonyl (C=O) groups excluding carboxylic acids is 1. The number of thiophene rings is 1. The third kappa shape index (κ3) is 4.49. The molecule has 0 aliphatic rings. The Labute approximate surface area is 198 Å². The summed E-state index contributed by atoms with van der Waals surface area (Å²) in [6.45, 7) is 10.1. The zero-order valence-electron chi connectivity index (χ0n) is 18.5. The van der Waals surface area contributed by atoms with Gasteiger partial charge in [-0.25, -0.2) is 9.78 Å². The van der Waals surface area contributed by atoms with Gasteiger partial charge in [-0.05, 0) is 26.3 Å². The minimum Gasteiger partial charge on any atom is -0.462 e. The minimum atomic E-state index is -0.438. The highest BCUT2D eigenvalue weighted by molar-refractivity contribution is 7.99. The van der Waals surface area contributed by atoms with E-state index in [1.165, 1.54) is 23.1 Å². The number of thioether (sulfide) groups is 1. The Morgan fingerprint density at radius 1 is 1.33 bits per heavy atom. The van der Waals surface area contributed by atoms with Crippen LogP contribution in [0.1, 0.15) is 40.2 Å². The van der Waals surface area contributed by atoms with E-state index in [4.69, 9.17) is 4.74 Å². The predicted molar refractivity (Wildman–Crippen MR) is 131 cm³/mol. The molecule has 0 amide bonds. The van der Waals surface area contributed by atoms with Gasteiger partial charge in [0.05, 0.1) is 17.2 Å². The number of hydrogen-bond acceptors (Lipinski definition) is 8. The Kier molecular flexibility index (Phi) is 6.75. The molecule has 0 aliphatic heterocycles. The van der Waals surface area contributed by atoms with E-state index in [0.29, 0.717) is 38.2 Å². The first-order chi connectivity index (χ1) is 15.9. The summed E-state index contributed by atoms with van der Waals surface area (Å²) >= 11 is 2.62. The standard InChI is InChI=1S/C23H23N5O3S2/c1-5-12-28-19(15-10-8-7-9-11-15)26-27-23(28)32-14(4)18-24-20(29)16-13(3)17(22(30)31-6-2)33-21(16)25-18/h5,7-11,14H,1,6,12H2,2-4H3,(H,24,25,29). The highest BCUT2D eigenvalue weighted by Crippen LogP contribution is 2.35. The third-order valence-corrected chi connectivity index (χ3v) is 7.26. The van der Waals surface area contributed by atoms with Gasteiger partial charge < -0.3 is 9.72 Å². The van der Waals surface area contributed by atoms with Crippen molar-refractivity contribution in [1.82, 2.24) is 24.7 Å². The lowest BCUT2D eigenvalue weighted by atomic mass is 10.2. The number of ether oxygens (including phenoxy) is 1. The molecule has 1 N–H and O–H groups in total. The lowest BCUT2D eigenvalue weighted by Crippen LogP contribution is -2.13. The number of esters is 1. The number of hydrogen-bond donors (Lipinski definition) is 1. The molecule has 1 atom stereocenters. The molecule has 0 spiro atoms. The summed E-state index contributed by atoms with van der Waals surface area (Å²) in [7, 11) is 0. The monoisotopic (exact) mass is 481 g/mol. The fraction of sp³-hybridized carbons (Fsp3) is 0.261. The van der Waals surface area contributed by atoms with E-state index in [2.05, 4.69) is 26.7 Å². The molecule has 0 saturated heterocycles. The van der Waals surface area contributed by atoms with Gasteiger partial charge in [-0.15, -0.1) is 28.1 Å². The second-order valence-corrected chi connectivity index (χ2v) is 9.55. The van der Waals surface area contributed by atoms with Gasteiger partial charge in [-0.1, -0.05) is 48.2 Å². The number of allylic oxidation sites excluding steroid dienone is 1. The number of aromatic nitrogens is 5. The van der Waals surface area contributed by atoms with Crippen LogP contribution in [0, 0.1) is 6.92 Å². The minimum absolute atomic E-state index is 0.216. The Morgan fingerprint density at radius 2 is 2.09 bits per heavy atom. The summed E-state index contributed by atoms with van der Waals surface area (Å²) in [5, 5.41) is 9.65. The zero-order valence-corrected chi connectivity index (χ0v) is 20.1. The van der Waals surface area contributed by atoms with Crippen LogP contribution in [0.15, 0.2) is 52.9 Å². The van der Waals surface area contributed by atoms with Gasteiger partial charge >= 0.3 is 5.97 Å². The van der Waals surface area contributed by atoms with Crippen molar-refractivity contribution in [3.05, 3.63) is 69.6 Å². The van der Waals surface area contributed by atoms with E-state index < -0.39 is 5.97 Å². The van der Waals surface area contributed by atoms with Crippen LogP contribution in [-0.4, -0.2) is 37.3 Å². The molecule has 3 aromatic heterocycles. The first kappa shape index (κ1) is 22.9. The van der Waals surface area contributed by atoms with Gasteiger partial charge in [0, 0.05) is 12.1 Å². The lowest BCUT2D eigenvalue weighted by molar-refractivity contribution is 0.0531. The summed E-state index contributed by atoms with van der Waals surface area (Å²) < 4.78 is 7.09. The zero-order chi connectivity index (χ0) is 23.5. The molecular formula is C23H23N5O3S2. The van der Waals surface area contributed by atoms with Crippen LogP contribution in [0.3, 0.4) is 0 Å². The van der Waals surface area contributed by atoms with Crippen LogP contribution in [0.5, 0.6) is 0 Å². The van der Waals surface area contributed by atoms with Crippen LogP contribution >= 0.6 is 23.1 Å². The number of carbonyl (C=O) groups is 1. The first-order valence-corrected chi connectivity index (χ1v) is 12.1. The van der Waals surface area contributed by atoms with Crippen molar-refractivity contribution in [2.45, 2.75) is 37.7 Å². The van der Waals surface area contributed by atoms with Crippen LogP contribution in [-0.2, 0) is 11.3 Å². The largest absolute Gasteiger partial charge is 0.462 e. The van der Waals surface area contributed by atoms with E-state index in [1.807, 2.05) is 41.8 Å². The number of nitrogens with one attached hydrogen (secondary N) is 1. The maximum absolute atomic E-state index is 12.8. The fourth-order valence-corrected chi connectivity index (χ4v) is 5.43. The van der Waals surface area contributed by atoms with Crippen molar-refractivity contribution in [2.75, 3.05) is 6.61 Å². The summed E-state index contributed by atoms with van der Waals surface area (Å²) in [5.74, 6) is 0.811. The van der Waals surface area contributed by atoms with Crippen molar-refractivity contribution in [3.8, 4) is 11.4 Å². The lowest BCUT2D eigenvalue weighted by Gasteiger charge is -2.12. The quantitative estimate of drug-likeness (QED) is 0.220. The van der Waals surface area contributed by atoms with Crippen LogP contribution < -0.4 is 5.56 Å². The molecule has 3 heterocycles. The maximum atomic E-state index is 12.8. The van der Waals surface area contributed by atoms with Gasteiger partial charge in [-0.2, -0.15) is 0 Å². The summed E-state index contributed by atoms with van der Waals surface area (Å²) in [6.07, 6.45) is 1.79. The second-order valence-electron chi connectivity index (χ2n) is 7.24. The molecule has 10 heteroatoms. The van der Waals surface area contributed by atoms with Crippen LogP contribution in [0.2, 0.25) is 0 Å². The number of H-pyrrole nitrogens is 1. The molecule has 1 aromatic carbocycles. The highest BCUT2D eigenvalue weighted by Gasteiger charge is 2.23. The Hall–Kier alpha value is -3.24. The van der Waals surface area contributed by atoms with E-state index in [-0.39, 0.29) is 17.4 Å². The van der Waals surface area contributed by atoms with Crippen LogP contribution in [0.25, 0.3) is 21.6 Å². The van der Waals surface area contributed by atoms with E-state index in [1.54, 1.807) is 19.9 Å². The number of aromatic amines is 1. The van der Waals surface area contributed by atoms with Gasteiger partial charge in [0.15, 0.2) is 11.0 Å². The fourth-order valence-electron chi connectivity index (χ4n) is 3.43. The van der Waals surface area contributed by atoms with Crippen molar-refractivity contribution >= 4 is 39.3 Å². The molecule has 4 rings (SSSR count). The average molecular weight is 482 g/mol. The van der Waals surface area contributed by atoms with Gasteiger partial charge in [-0.3, -0.25) is 9.36 Å². The molecular weight excluding hydrogens is 458 g/mol. The molecule has 8 nitrogen and oxygen atoms in total. The number of fused-ring (bicyclic) bond motifs is 1. The Bertz CT molecular complexity index is 1370. The number of nitrogens with zero attached hydrogens (tertiary/aromatic N) is 4. The Balaban J connectivity index is 1.68. The van der Waals surface area contributed by atoms with Crippen molar-refractivity contribution in [1.29, 1.82) is 0 Å². The maximum Gasteiger partial charge on any atom is 0.348 e. The summed E-state index contributed by atoms with van der Waals surface area (Å²) in [5.41, 5.74) is 1.27. The molecule has 0 bridgehead atoms. The SMILES string of the molecule is C=CCn1c(SC(C)c2nc3sc(C(=O)OCC)c(C)c3c(=O)[nH]2)nnc1-c1ccccc1. The molecule has 0 saturated carbocycles. The van der Waals surface area contributed by atoms with Gasteiger partial charge in [0.1, 0.15) is 15.5 Å². The number of rotatable bonds is 8. The summed E-state index contributed by atoms with van der Waals surface area (Å²) in [6, 6.07) is 9.82. The molecule has 0 fully saturated rings. The smallest absolute Gasteiger partial charge is 0.348 e. The number of benzene rings is 1. The second kappa shape index (κ2) is 9.72. The van der Waals surface area contributed by atoms with Crippen molar-refractivity contribution in [3.63, 3.8) is 0 Å². The highest BCUT2D eigenvalue weighted by atomic mass is 32.2. The van der Waals surface area contributed by atoms with Gasteiger partial charge in [0.2, 0.25) is 0 Å². The molecule has 1 unspecified atom stereocenters. The summed E-state index contributed by atoms with van der Waals surface area (Å²) in [4.78, 5) is 33.5. The average Bonchev–Trinajstić information content (AvgIpc) is 3.36. The first-order valence-electron chi connectivity index (χ1n) is 10.4. The number of aryl methyl sites for hydroxylation is 1. The topological polar surface area (TPSA) is 103 Å². The molecule has 170 valence electrons. The molecule has 0 radical (unpaired) electrons. The van der Waals surface area contributed by atoms with E-state index in [0.717, 1.165) is 11.4 Å². The van der Waals surface area contributed by atoms with Crippen molar-refractivity contribution in [2.24, 2.45) is 0 Å². The molecule has 4 aromatic rings. The molecule has 33 heavy (non-hydrogen) atoms. The predicted octanol–water partition coefficient (Wildman–Crippen LogP) is 4.77. The third-order valence-electron chi connectivity index (χ3n) is 5.01. The van der Waals surface area contributed by atoms with Crippen molar-refractivity contribution < 1.29 is 9.53 Å². The van der Waals surface area contributed by atoms with Gasteiger partial charge in [0.25, 0.3) is 5.56 Å². The Morgan fingerprint density at radius 3 is 2.79 bits per heavy atom. The van der Waals surface area contributed by atoms with Crippen LogP contribution in [0.4, 0.5) is 0 Å². The molecule has 0 aliphatic carbocycles.